The molecular formula is C8H5F12NaO3S. The Labute approximate surface area is 153 Å². The number of hydrogen-bond acceptors (Lipinski definition) is 3. The maximum atomic E-state index is 13.0. The fourth-order valence-corrected chi connectivity index (χ4v) is 1.73. The molecule has 3 nitrogen and oxygen atoms in total. The first-order valence-electron chi connectivity index (χ1n) is 5.26. The molecule has 0 saturated carbocycles. The quantitative estimate of drug-likeness (QED) is 0.309. The first kappa shape index (κ1) is 27.3. The van der Waals surface area contributed by atoms with Crippen molar-refractivity contribution < 1.29 is 95.2 Å². The van der Waals surface area contributed by atoms with Crippen molar-refractivity contribution in [3.8, 4) is 0 Å². The van der Waals surface area contributed by atoms with Gasteiger partial charge in [-0.2, -0.15) is 26.3 Å². The Bertz CT molecular complexity index is 540. The van der Waals surface area contributed by atoms with E-state index in [0.717, 1.165) is 0 Å². The Morgan fingerprint density at radius 2 is 1.08 bits per heavy atom. The molecule has 0 N–H and O–H groups in total. The topological polar surface area (TPSA) is 57.2 Å². The van der Waals surface area contributed by atoms with Crippen LogP contribution in [0.2, 0.25) is 0 Å². The minimum absolute atomic E-state index is 0. The van der Waals surface area contributed by atoms with E-state index >= 15 is 0 Å². The van der Waals surface area contributed by atoms with E-state index in [1.165, 1.54) is 0 Å². The number of alkyl halides is 12. The van der Waals surface area contributed by atoms with Gasteiger partial charge in [0.2, 0.25) is 6.17 Å². The average Bonchev–Trinajstić information content (AvgIpc) is 2.42. The molecular weight excluding hydrogens is 427 g/mol. The summed E-state index contributed by atoms with van der Waals surface area (Å²) in [6.45, 7) is 0. The van der Waals surface area contributed by atoms with Gasteiger partial charge in [-0.15, -0.1) is 0 Å². The molecule has 0 aromatic carbocycles. The maximum absolute atomic E-state index is 13.0. The monoisotopic (exact) mass is 432 g/mol. The molecule has 0 spiro atoms. The predicted octanol–water partition coefficient (Wildman–Crippen LogP) is 0.0165. The molecule has 0 saturated heterocycles. The van der Waals surface area contributed by atoms with Crippen molar-refractivity contribution >= 4 is 10.1 Å². The zero-order valence-electron chi connectivity index (χ0n) is 11.6. The van der Waals surface area contributed by atoms with Crippen molar-refractivity contribution in [1.82, 2.24) is 0 Å². The molecule has 0 rings (SSSR count). The zero-order chi connectivity index (χ0) is 19.9. The van der Waals surface area contributed by atoms with E-state index in [0.29, 0.717) is 0 Å². The van der Waals surface area contributed by atoms with Gasteiger partial charge in [-0.3, -0.25) is 0 Å². The fourth-order valence-electron chi connectivity index (χ4n) is 1.22. The molecule has 146 valence electrons. The van der Waals surface area contributed by atoms with E-state index in [1.54, 1.807) is 0 Å². The summed E-state index contributed by atoms with van der Waals surface area (Å²) in [5.41, 5.74) is -5.52. The molecule has 0 aliphatic carbocycles. The Hall–Kier alpha value is 0.0700. The van der Waals surface area contributed by atoms with Crippen LogP contribution < -0.4 is 29.6 Å². The van der Waals surface area contributed by atoms with Crippen molar-refractivity contribution in [2.24, 2.45) is 0 Å². The van der Waals surface area contributed by atoms with Crippen molar-refractivity contribution in [2.45, 2.75) is 48.2 Å². The third-order valence-corrected chi connectivity index (χ3v) is 3.35. The second kappa shape index (κ2) is 8.39. The van der Waals surface area contributed by atoms with Crippen molar-refractivity contribution in [3.63, 3.8) is 0 Å². The number of hydrogen-bond donors (Lipinski definition) is 0. The van der Waals surface area contributed by atoms with Crippen LogP contribution in [0.25, 0.3) is 0 Å². The van der Waals surface area contributed by atoms with Gasteiger partial charge in [0, 0.05) is 0 Å². The summed E-state index contributed by atoms with van der Waals surface area (Å²) >= 11 is 0. The molecule has 0 heterocycles. The van der Waals surface area contributed by atoms with Gasteiger partial charge in [-0.05, 0) is 0 Å². The van der Waals surface area contributed by atoms with E-state index in [4.69, 9.17) is 0 Å². The van der Waals surface area contributed by atoms with Crippen LogP contribution in [0.15, 0.2) is 0 Å². The molecule has 0 radical (unpaired) electrons. The molecule has 17 heteroatoms. The molecule has 4 atom stereocenters. The largest absolute Gasteiger partial charge is 1.00 e. The van der Waals surface area contributed by atoms with Crippen molar-refractivity contribution in [1.29, 1.82) is 0 Å². The number of halogens is 12. The first-order chi connectivity index (χ1) is 10.3. The summed E-state index contributed by atoms with van der Waals surface area (Å²) < 4.78 is 181. The van der Waals surface area contributed by atoms with Crippen LogP contribution in [0.3, 0.4) is 0 Å². The zero-order valence-corrected chi connectivity index (χ0v) is 14.4. The Kier molecular flexibility index (Phi) is 9.16. The molecule has 25 heavy (non-hydrogen) atoms. The number of rotatable bonds is 8. The van der Waals surface area contributed by atoms with Crippen LogP contribution in [-0.2, 0) is 10.1 Å². The third kappa shape index (κ3) is 5.07. The van der Waals surface area contributed by atoms with E-state index in [-0.39, 0.29) is 29.6 Å². The minimum atomic E-state index is -7.40. The van der Waals surface area contributed by atoms with E-state index in [9.17, 15) is 65.7 Å². The Morgan fingerprint density at radius 1 is 0.720 bits per heavy atom. The van der Waals surface area contributed by atoms with Crippen LogP contribution in [0, 0.1) is 0 Å². The van der Waals surface area contributed by atoms with Crippen LogP contribution in [0.5, 0.6) is 0 Å². The van der Waals surface area contributed by atoms with Crippen LogP contribution in [0.4, 0.5) is 52.7 Å². The van der Waals surface area contributed by atoms with Gasteiger partial charge in [0.25, 0.3) is 11.9 Å². The molecule has 0 fully saturated rings. The summed E-state index contributed by atoms with van der Waals surface area (Å²) in [6, 6.07) is 0. The second-order valence-corrected chi connectivity index (χ2v) is 5.65. The Morgan fingerprint density at radius 3 is 1.36 bits per heavy atom. The van der Waals surface area contributed by atoms with Gasteiger partial charge < -0.3 is 4.55 Å². The summed E-state index contributed by atoms with van der Waals surface area (Å²) in [5.74, 6) is -21.6. The second-order valence-electron chi connectivity index (χ2n) is 4.25. The predicted molar refractivity (Wildman–Crippen MR) is 50.1 cm³/mol. The van der Waals surface area contributed by atoms with Gasteiger partial charge in [0.05, 0.1) is 0 Å². The Balaban J connectivity index is 0. The first-order valence-corrected chi connectivity index (χ1v) is 6.73. The standard InChI is InChI=1S/C8H6F12O3S.Na/c9-1(2(10)4(12)13)3(11)6(15,16)8(19,20)7(17,18)5(14)24(21,22)23;/h1-5H,(H,21,22,23);/q;+1/p-1. The summed E-state index contributed by atoms with van der Waals surface area (Å²) in [7, 11) is -6.97. The molecule has 0 amide bonds. The van der Waals surface area contributed by atoms with Crippen LogP contribution in [-0.4, -0.2) is 61.2 Å². The SMILES string of the molecule is O=S(=O)([O-])C(F)C(F)(F)C(F)(F)C(F)(F)C(F)C(F)C(F)C(F)F.[Na+]. The average molecular weight is 432 g/mol. The molecule has 4 unspecified atom stereocenters. The van der Waals surface area contributed by atoms with Crippen molar-refractivity contribution in [2.75, 3.05) is 0 Å². The van der Waals surface area contributed by atoms with Gasteiger partial charge in [-0.25, -0.2) is 34.8 Å². The molecule has 0 aliphatic rings. The summed E-state index contributed by atoms with van der Waals surface area (Å²) in [5, 5.41) is 0. The maximum Gasteiger partial charge on any atom is 1.00 e. The fraction of sp³-hybridized carbons (Fsp3) is 1.00. The smallest absolute Gasteiger partial charge is 0.746 e. The molecule has 0 bridgehead atoms. The van der Waals surface area contributed by atoms with E-state index in [1.807, 2.05) is 0 Å². The van der Waals surface area contributed by atoms with Crippen LogP contribution in [0.1, 0.15) is 0 Å². The minimum Gasteiger partial charge on any atom is -0.746 e. The van der Waals surface area contributed by atoms with E-state index < -0.39 is 58.3 Å². The van der Waals surface area contributed by atoms with Crippen molar-refractivity contribution in [3.05, 3.63) is 0 Å². The summed E-state index contributed by atoms with van der Waals surface area (Å²) in [6.07, 6.45) is -19.1. The third-order valence-electron chi connectivity index (χ3n) is 2.55. The van der Waals surface area contributed by atoms with E-state index in [2.05, 4.69) is 0 Å². The molecule has 0 aromatic heterocycles. The summed E-state index contributed by atoms with van der Waals surface area (Å²) in [4.78, 5) is 0. The molecule has 0 aliphatic heterocycles. The van der Waals surface area contributed by atoms with Gasteiger partial charge >= 0.3 is 47.3 Å². The van der Waals surface area contributed by atoms with Gasteiger partial charge in [-0.1, -0.05) is 0 Å². The normalized spacial score (nSPS) is 19.1. The van der Waals surface area contributed by atoms with Gasteiger partial charge in [0.1, 0.15) is 10.1 Å². The van der Waals surface area contributed by atoms with Crippen LogP contribution >= 0.6 is 0 Å². The van der Waals surface area contributed by atoms with Gasteiger partial charge in [0.15, 0.2) is 12.3 Å². The molecule has 0 aromatic rings.